The van der Waals surface area contributed by atoms with Crippen LogP contribution in [0.3, 0.4) is 0 Å². The van der Waals surface area contributed by atoms with Crippen molar-refractivity contribution in [3.8, 4) is 17.2 Å². The Morgan fingerprint density at radius 2 is 1.96 bits per heavy atom. The van der Waals surface area contributed by atoms with Crippen molar-refractivity contribution in [2.45, 2.75) is 25.7 Å². The normalized spacial score (nSPS) is 13.9. The van der Waals surface area contributed by atoms with Crippen LogP contribution in [0.4, 0.5) is 0 Å². The molecule has 23 heavy (non-hydrogen) atoms. The summed E-state index contributed by atoms with van der Waals surface area (Å²) in [5.41, 5.74) is 9.72. The van der Waals surface area contributed by atoms with Crippen molar-refractivity contribution in [3.05, 3.63) is 53.1 Å². The number of fused-ring (bicyclic) bond motifs is 1. The molecule has 0 aromatic heterocycles. The van der Waals surface area contributed by atoms with Crippen LogP contribution in [0, 0.1) is 0 Å². The first-order chi connectivity index (χ1) is 11.2. The standard InChI is InChI=1S/C19H23NO3/c1-3-13-4-6-17(21-2)15(8-13)9-16(11-20)14-5-7-18-19(10-14)23-12-22-18/h4-8,10,16H,3,9,11-12,20H2,1-2H3. The van der Waals surface area contributed by atoms with E-state index in [2.05, 4.69) is 25.1 Å². The van der Waals surface area contributed by atoms with Crippen LogP contribution in [0.2, 0.25) is 0 Å². The number of benzene rings is 2. The highest BCUT2D eigenvalue weighted by Crippen LogP contribution is 2.36. The highest BCUT2D eigenvalue weighted by Gasteiger charge is 2.19. The second-order valence-corrected chi connectivity index (χ2v) is 5.75. The summed E-state index contributed by atoms with van der Waals surface area (Å²) in [6, 6.07) is 12.4. The minimum absolute atomic E-state index is 0.213. The van der Waals surface area contributed by atoms with Gasteiger partial charge >= 0.3 is 0 Å². The Bertz CT molecular complexity index is 684. The average molecular weight is 313 g/mol. The summed E-state index contributed by atoms with van der Waals surface area (Å²) in [6.45, 7) is 3.02. The number of aryl methyl sites for hydroxylation is 1. The number of rotatable bonds is 6. The van der Waals surface area contributed by atoms with Crippen molar-refractivity contribution in [2.75, 3.05) is 20.4 Å². The van der Waals surface area contributed by atoms with Gasteiger partial charge in [-0.25, -0.2) is 0 Å². The zero-order valence-corrected chi connectivity index (χ0v) is 13.7. The van der Waals surface area contributed by atoms with Gasteiger partial charge in [0, 0.05) is 5.92 Å². The van der Waals surface area contributed by atoms with E-state index >= 15 is 0 Å². The lowest BCUT2D eigenvalue weighted by molar-refractivity contribution is 0.174. The van der Waals surface area contributed by atoms with E-state index in [9.17, 15) is 0 Å². The summed E-state index contributed by atoms with van der Waals surface area (Å²) in [7, 11) is 1.71. The molecule has 1 heterocycles. The van der Waals surface area contributed by atoms with Gasteiger partial charge in [-0.1, -0.05) is 25.1 Å². The van der Waals surface area contributed by atoms with Gasteiger partial charge in [0.1, 0.15) is 5.75 Å². The van der Waals surface area contributed by atoms with Gasteiger partial charge in [0.15, 0.2) is 11.5 Å². The van der Waals surface area contributed by atoms with Gasteiger partial charge in [-0.15, -0.1) is 0 Å². The molecular weight excluding hydrogens is 290 g/mol. The largest absolute Gasteiger partial charge is 0.496 e. The molecule has 0 saturated heterocycles. The SMILES string of the molecule is CCc1ccc(OC)c(CC(CN)c2ccc3c(c2)OCO3)c1. The lowest BCUT2D eigenvalue weighted by Gasteiger charge is -2.18. The number of nitrogens with two attached hydrogens (primary N) is 1. The molecule has 0 bridgehead atoms. The number of ether oxygens (including phenoxy) is 3. The first-order valence-corrected chi connectivity index (χ1v) is 8.00. The molecule has 2 aromatic rings. The highest BCUT2D eigenvalue weighted by molar-refractivity contribution is 5.46. The highest BCUT2D eigenvalue weighted by atomic mass is 16.7. The Balaban J connectivity index is 1.87. The maximum Gasteiger partial charge on any atom is 0.231 e. The monoisotopic (exact) mass is 313 g/mol. The van der Waals surface area contributed by atoms with Crippen molar-refractivity contribution in [1.82, 2.24) is 0 Å². The van der Waals surface area contributed by atoms with Crippen LogP contribution in [-0.2, 0) is 12.8 Å². The number of hydrogen-bond donors (Lipinski definition) is 1. The van der Waals surface area contributed by atoms with Gasteiger partial charge < -0.3 is 19.9 Å². The van der Waals surface area contributed by atoms with E-state index in [1.165, 1.54) is 16.7 Å². The fourth-order valence-electron chi connectivity index (χ4n) is 2.98. The molecule has 1 aliphatic rings. The van der Waals surface area contributed by atoms with Crippen LogP contribution >= 0.6 is 0 Å². The summed E-state index contributed by atoms with van der Waals surface area (Å²) in [6.07, 6.45) is 1.85. The van der Waals surface area contributed by atoms with Crippen LogP contribution in [0.15, 0.2) is 36.4 Å². The molecule has 1 atom stereocenters. The third-order valence-corrected chi connectivity index (χ3v) is 4.37. The second kappa shape index (κ2) is 6.92. The van der Waals surface area contributed by atoms with Gasteiger partial charge in [0.2, 0.25) is 6.79 Å². The summed E-state index contributed by atoms with van der Waals surface area (Å²) in [4.78, 5) is 0. The van der Waals surface area contributed by atoms with E-state index < -0.39 is 0 Å². The summed E-state index contributed by atoms with van der Waals surface area (Å²) in [5.74, 6) is 2.73. The Morgan fingerprint density at radius 3 is 2.70 bits per heavy atom. The van der Waals surface area contributed by atoms with Gasteiger partial charge in [-0.05, 0) is 54.3 Å². The first-order valence-electron chi connectivity index (χ1n) is 8.00. The molecule has 122 valence electrons. The molecule has 0 radical (unpaired) electrons. The first kappa shape index (κ1) is 15.7. The van der Waals surface area contributed by atoms with Crippen LogP contribution < -0.4 is 19.9 Å². The molecule has 4 nitrogen and oxygen atoms in total. The predicted octanol–water partition coefficient (Wildman–Crippen LogP) is 3.27. The Morgan fingerprint density at radius 1 is 1.13 bits per heavy atom. The molecule has 3 rings (SSSR count). The molecule has 0 spiro atoms. The molecule has 2 N–H and O–H groups in total. The van der Waals surface area contributed by atoms with E-state index in [-0.39, 0.29) is 5.92 Å². The zero-order valence-electron chi connectivity index (χ0n) is 13.7. The van der Waals surface area contributed by atoms with Gasteiger partial charge in [0.05, 0.1) is 7.11 Å². The summed E-state index contributed by atoms with van der Waals surface area (Å²) >= 11 is 0. The number of methoxy groups -OCH3 is 1. The topological polar surface area (TPSA) is 53.7 Å². The zero-order chi connectivity index (χ0) is 16.2. The minimum Gasteiger partial charge on any atom is -0.496 e. The van der Waals surface area contributed by atoms with Crippen molar-refractivity contribution >= 4 is 0 Å². The third-order valence-electron chi connectivity index (χ3n) is 4.37. The average Bonchev–Trinajstić information content (AvgIpc) is 3.07. The predicted molar refractivity (Wildman–Crippen MR) is 90.4 cm³/mol. The fourth-order valence-corrected chi connectivity index (χ4v) is 2.98. The molecule has 0 aliphatic carbocycles. The van der Waals surface area contributed by atoms with E-state index in [4.69, 9.17) is 19.9 Å². The third kappa shape index (κ3) is 3.27. The molecule has 0 fully saturated rings. The van der Waals surface area contributed by atoms with Crippen molar-refractivity contribution in [3.63, 3.8) is 0 Å². The number of hydrogen-bond acceptors (Lipinski definition) is 4. The molecule has 4 heteroatoms. The molecule has 0 amide bonds. The van der Waals surface area contributed by atoms with Crippen molar-refractivity contribution in [2.24, 2.45) is 5.73 Å². The van der Waals surface area contributed by atoms with Crippen LogP contribution in [-0.4, -0.2) is 20.4 Å². The quantitative estimate of drug-likeness (QED) is 0.889. The smallest absolute Gasteiger partial charge is 0.231 e. The van der Waals surface area contributed by atoms with Gasteiger partial charge in [0.25, 0.3) is 0 Å². The van der Waals surface area contributed by atoms with E-state index in [0.29, 0.717) is 13.3 Å². The summed E-state index contributed by atoms with van der Waals surface area (Å²) < 4.78 is 16.4. The Kier molecular flexibility index (Phi) is 4.72. The van der Waals surface area contributed by atoms with E-state index in [1.54, 1.807) is 7.11 Å². The second-order valence-electron chi connectivity index (χ2n) is 5.75. The Hall–Kier alpha value is -2.20. The van der Waals surface area contributed by atoms with Crippen LogP contribution in [0.5, 0.6) is 17.2 Å². The molecule has 0 saturated carbocycles. The van der Waals surface area contributed by atoms with E-state index in [1.807, 2.05) is 18.2 Å². The molecule has 2 aromatic carbocycles. The molecule has 1 unspecified atom stereocenters. The maximum atomic E-state index is 6.05. The summed E-state index contributed by atoms with van der Waals surface area (Å²) in [5, 5.41) is 0. The van der Waals surface area contributed by atoms with Gasteiger partial charge in [-0.2, -0.15) is 0 Å². The van der Waals surface area contributed by atoms with Crippen LogP contribution in [0.1, 0.15) is 29.5 Å². The minimum atomic E-state index is 0.213. The van der Waals surface area contributed by atoms with Crippen LogP contribution in [0.25, 0.3) is 0 Å². The lowest BCUT2D eigenvalue weighted by Crippen LogP contribution is -2.15. The lowest BCUT2D eigenvalue weighted by atomic mass is 9.90. The van der Waals surface area contributed by atoms with E-state index in [0.717, 1.165) is 30.1 Å². The molecule has 1 aliphatic heterocycles. The van der Waals surface area contributed by atoms with Gasteiger partial charge in [-0.3, -0.25) is 0 Å². The molecular formula is C19H23NO3. The van der Waals surface area contributed by atoms with Crippen molar-refractivity contribution < 1.29 is 14.2 Å². The Labute approximate surface area is 137 Å². The fraction of sp³-hybridized carbons (Fsp3) is 0.368. The maximum absolute atomic E-state index is 6.05. The van der Waals surface area contributed by atoms with Crippen molar-refractivity contribution in [1.29, 1.82) is 0 Å².